The van der Waals surface area contributed by atoms with E-state index in [0.29, 0.717) is 5.56 Å². The summed E-state index contributed by atoms with van der Waals surface area (Å²) in [5.74, 6) is -0.0781. The summed E-state index contributed by atoms with van der Waals surface area (Å²) >= 11 is 3.53. The zero-order valence-electron chi connectivity index (χ0n) is 16.2. The summed E-state index contributed by atoms with van der Waals surface area (Å²) in [4.78, 5) is 30.9. The van der Waals surface area contributed by atoms with Gasteiger partial charge in [-0.15, -0.1) is 0 Å². The van der Waals surface area contributed by atoms with E-state index in [2.05, 4.69) is 45.2 Å². The summed E-state index contributed by atoms with van der Waals surface area (Å²) in [5, 5.41) is 2.97. The molecule has 3 rings (SSSR count). The van der Waals surface area contributed by atoms with E-state index in [4.69, 9.17) is 9.59 Å². The van der Waals surface area contributed by atoms with Crippen LogP contribution in [-0.2, 0) is 22.6 Å². The Morgan fingerprint density at radius 1 is 1.04 bits per heavy atom. The number of hydrogen-bond donors (Lipinski definition) is 1. The molecule has 1 N–H and O–H groups in total. The number of benzene rings is 2. The van der Waals surface area contributed by atoms with Gasteiger partial charge < -0.3 is 14.9 Å². The monoisotopic (exact) mass is 446 g/mol. The van der Waals surface area contributed by atoms with E-state index >= 15 is 0 Å². The smallest absolute Gasteiger partial charge is 0.255 e. The minimum Gasteiger partial charge on any atom is -0.322 e. The quantitative estimate of drug-likeness (QED) is 0.734. The van der Waals surface area contributed by atoms with Crippen LogP contribution in [0.5, 0.6) is 0 Å². The van der Waals surface area contributed by atoms with Crippen LogP contribution in [0.15, 0.2) is 46.9 Å². The van der Waals surface area contributed by atoms with Gasteiger partial charge in [-0.1, -0.05) is 41.1 Å². The third-order valence-electron chi connectivity index (χ3n) is 4.51. The van der Waals surface area contributed by atoms with Gasteiger partial charge in [0.25, 0.3) is 5.91 Å². The van der Waals surface area contributed by atoms with Crippen molar-refractivity contribution in [3.05, 3.63) is 63.6 Å². The van der Waals surface area contributed by atoms with Gasteiger partial charge in [0.15, 0.2) is 0 Å². The van der Waals surface area contributed by atoms with Gasteiger partial charge in [0.05, 0.1) is 0 Å². The maximum Gasteiger partial charge on any atom is 0.255 e. The molecule has 28 heavy (non-hydrogen) atoms. The van der Waals surface area contributed by atoms with E-state index in [0.717, 1.165) is 23.1 Å². The molecule has 2 aromatic carbocycles. The number of carbonyl (C=O) groups is 3. The highest BCUT2D eigenvalue weighted by Crippen LogP contribution is 2.20. The van der Waals surface area contributed by atoms with E-state index < -0.39 is 0 Å². The number of nitrogens with one attached hydrogen (secondary N) is 1. The first kappa shape index (κ1) is 23.7. The first-order valence-corrected chi connectivity index (χ1v) is 9.94. The number of hydrogen-bond acceptors (Lipinski definition) is 4. The third kappa shape index (κ3) is 7.02. The molecule has 1 fully saturated rings. The Morgan fingerprint density at radius 2 is 1.64 bits per heavy atom. The molecule has 0 aromatic heterocycles. The van der Waals surface area contributed by atoms with Crippen LogP contribution >= 0.6 is 15.9 Å². The van der Waals surface area contributed by atoms with E-state index in [1.165, 1.54) is 37.1 Å². The van der Waals surface area contributed by atoms with Crippen LogP contribution < -0.4 is 5.32 Å². The summed E-state index contributed by atoms with van der Waals surface area (Å²) in [5.41, 5.74) is 4.00. The Morgan fingerprint density at radius 3 is 2.18 bits per heavy atom. The summed E-state index contributed by atoms with van der Waals surface area (Å²) in [6.07, 6.45) is 3.56. The number of aryl methyl sites for hydroxylation is 1. The fraction of sp³-hybridized carbons (Fsp3) is 0.318. The van der Waals surface area contributed by atoms with Crippen molar-refractivity contribution >= 4 is 41.1 Å². The molecular formula is C22H27BrN2O3. The van der Waals surface area contributed by atoms with Crippen LogP contribution in [0.3, 0.4) is 0 Å². The molecule has 0 aliphatic carbocycles. The molecule has 6 heteroatoms. The SMILES string of the molecule is C=O.C=O.CCc1ccc(C(=O)Nc2ccc(CN3CCCC3)cc2)cc1Br. The molecule has 0 saturated carbocycles. The molecule has 1 amide bonds. The Labute approximate surface area is 175 Å². The van der Waals surface area contributed by atoms with Crippen molar-refractivity contribution in [3.8, 4) is 0 Å². The third-order valence-corrected chi connectivity index (χ3v) is 5.25. The van der Waals surface area contributed by atoms with Crippen LogP contribution in [0.4, 0.5) is 5.69 Å². The number of rotatable bonds is 5. The van der Waals surface area contributed by atoms with Crippen LogP contribution in [0.1, 0.15) is 41.3 Å². The highest BCUT2D eigenvalue weighted by atomic mass is 79.9. The molecular weight excluding hydrogens is 420 g/mol. The Bertz CT molecular complexity index is 742. The van der Waals surface area contributed by atoms with Gasteiger partial charge in [-0.2, -0.15) is 0 Å². The average molecular weight is 447 g/mol. The second kappa shape index (κ2) is 13.0. The molecule has 150 valence electrons. The minimum absolute atomic E-state index is 0.0781. The Kier molecular flexibility index (Phi) is 11.0. The largest absolute Gasteiger partial charge is 0.322 e. The summed E-state index contributed by atoms with van der Waals surface area (Å²) in [6.45, 7) is 9.49. The highest BCUT2D eigenvalue weighted by Gasteiger charge is 2.12. The van der Waals surface area contributed by atoms with Gasteiger partial charge in [-0.25, -0.2) is 0 Å². The van der Waals surface area contributed by atoms with E-state index in [1.807, 2.05) is 43.9 Å². The molecule has 1 aliphatic heterocycles. The number of halogens is 1. The van der Waals surface area contributed by atoms with Crippen molar-refractivity contribution in [1.29, 1.82) is 0 Å². The Balaban J connectivity index is 0.000000921. The van der Waals surface area contributed by atoms with E-state index in [9.17, 15) is 4.79 Å². The molecule has 0 atom stereocenters. The molecule has 0 spiro atoms. The second-order valence-corrected chi connectivity index (χ2v) is 7.15. The molecule has 1 saturated heterocycles. The average Bonchev–Trinajstić information content (AvgIpc) is 3.25. The zero-order chi connectivity index (χ0) is 20.9. The number of amides is 1. The van der Waals surface area contributed by atoms with Gasteiger partial charge in [-0.3, -0.25) is 9.69 Å². The van der Waals surface area contributed by atoms with Crippen molar-refractivity contribution < 1.29 is 14.4 Å². The summed E-state index contributed by atoms with van der Waals surface area (Å²) < 4.78 is 0.985. The molecule has 2 aromatic rings. The van der Waals surface area contributed by atoms with Crippen molar-refractivity contribution in [1.82, 2.24) is 4.90 Å². The van der Waals surface area contributed by atoms with Crippen molar-refractivity contribution in [2.24, 2.45) is 0 Å². The van der Waals surface area contributed by atoms with Gasteiger partial charge in [-0.05, 0) is 67.7 Å². The maximum absolute atomic E-state index is 12.4. The first-order chi connectivity index (χ1) is 13.7. The lowest BCUT2D eigenvalue weighted by Gasteiger charge is -2.15. The second-order valence-electron chi connectivity index (χ2n) is 6.29. The van der Waals surface area contributed by atoms with Crippen LogP contribution in [0.2, 0.25) is 0 Å². The standard InChI is InChI=1S/C20H23BrN2O.2CH2O/c1-2-16-7-8-17(13-19(16)21)20(24)22-18-9-5-15(6-10-18)14-23-11-3-4-12-23;2*1-2/h5-10,13H,2-4,11-12,14H2,1H3,(H,22,24);2*1H2. The summed E-state index contributed by atoms with van der Waals surface area (Å²) in [6, 6.07) is 13.9. The molecule has 5 nitrogen and oxygen atoms in total. The van der Waals surface area contributed by atoms with E-state index in [-0.39, 0.29) is 5.91 Å². The van der Waals surface area contributed by atoms with Gasteiger partial charge in [0, 0.05) is 22.3 Å². The van der Waals surface area contributed by atoms with E-state index in [1.54, 1.807) is 0 Å². The van der Waals surface area contributed by atoms with Crippen molar-refractivity contribution in [2.75, 3.05) is 18.4 Å². The lowest BCUT2D eigenvalue weighted by molar-refractivity contribution is -0.0987. The molecule has 1 heterocycles. The first-order valence-electron chi connectivity index (χ1n) is 9.14. The minimum atomic E-state index is -0.0781. The van der Waals surface area contributed by atoms with Gasteiger partial charge in [0.2, 0.25) is 0 Å². The Hall–Kier alpha value is -2.31. The van der Waals surface area contributed by atoms with Gasteiger partial charge >= 0.3 is 0 Å². The zero-order valence-corrected chi connectivity index (χ0v) is 17.8. The molecule has 0 bridgehead atoms. The topological polar surface area (TPSA) is 66.5 Å². The predicted molar refractivity (Wildman–Crippen MR) is 117 cm³/mol. The fourth-order valence-electron chi connectivity index (χ4n) is 3.07. The van der Waals surface area contributed by atoms with Crippen LogP contribution in [0.25, 0.3) is 0 Å². The summed E-state index contributed by atoms with van der Waals surface area (Å²) in [7, 11) is 0. The number of nitrogens with zero attached hydrogens (tertiary/aromatic N) is 1. The number of anilines is 1. The number of carbonyl (C=O) groups excluding carboxylic acids is 3. The normalized spacial score (nSPS) is 12.9. The van der Waals surface area contributed by atoms with Crippen molar-refractivity contribution in [3.63, 3.8) is 0 Å². The lowest BCUT2D eigenvalue weighted by atomic mass is 10.1. The van der Waals surface area contributed by atoms with Crippen molar-refractivity contribution in [2.45, 2.75) is 32.7 Å². The van der Waals surface area contributed by atoms with Crippen LogP contribution in [-0.4, -0.2) is 37.5 Å². The van der Waals surface area contributed by atoms with Gasteiger partial charge in [0.1, 0.15) is 13.6 Å². The molecule has 0 radical (unpaired) electrons. The highest BCUT2D eigenvalue weighted by molar-refractivity contribution is 9.10. The fourth-order valence-corrected chi connectivity index (χ4v) is 3.73. The maximum atomic E-state index is 12.4. The van der Waals surface area contributed by atoms with Crippen LogP contribution in [0, 0.1) is 0 Å². The predicted octanol–water partition coefficient (Wildman–Crippen LogP) is 4.49. The molecule has 1 aliphatic rings. The lowest BCUT2D eigenvalue weighted by Crippen LogP contribution is -2.18. The molecule has 0 unspecified atom stereocenters. The number of likely N-dealkylation sites (tertiary alicyclic amines) is 1.